The molecular formula is C11H17S+. The van der Waals surface area contributed by atoms with Gasteiger partial charge in [0, 0.05) is 5.56 Å². The van der Waals surface area contributed by atoms with Crippen LogP contribution >= 0.6 is 0 Å². The normalized spacial score (nSPS) is 10.7. The lowest BCUT2D eigenvalue weighted by molar-refractivity contribution is 1.13. The molecule has 66 valence electrons. The van der Waals surface area contributed by atoms with Crippen molar-refractivity contribution < 1.29 is 0 Å². The average molecular weight is 181 g/mol. The van der Waals surface area contributed by atoms with Gasteiger partial charge >= 0.3 is 0 Å². The molecule has 0 spiro atoms. The maximum absolute atomic E-state index is 2.29. The third-order valence-electron chi connectivity index (χ3n) is 1.89. The molecule has 0 aromatic heterocycles. The molecule has 1 aromatic carbocycles. The molecule has 12 heavy (non-hydrogen) atoms. The Bertz CT molecular complexity index is 223. The number of rotatable bonds is 3. The van der Waals surface area contributed by atoms with E-state index in [9.17, 15) is 0 Å². The van der Waals surface area contributed by atoms with Gasteiger partial charge in [0.25, 0.3) is 0 Å². The second kappa shape index (κ2) is 4.56. The van der Waals surface area contributed by atoms with Crippen molar-refractivity contribution in [1.82, 2.24) is 0 Å². The first-order chi connectivity index (χ1) is 5.72. The molecule has 0 bridgehead atoms. The maximum Gasteiger partial charge on any atom is 0.132 e. The van der Waals surface area contributed by atoms with Gasteiger partial charge in [-0.05, 0) is 22.9 Å². The van der Waals surface area contributed by atoms with Crippen LogP contribution in [0.5, 0.6) is 0 Å². The standard InChI is InChI=1S/C11H17S/c1-4-10-5-7-11(8-6-10)9-12(2)3/h5-8H,4,9H2,1-3H3/q+1. The molecule has 0 saturated heterocycles. The monoisotopic (exact) mass is 181 g/mol. The molecule has 1 rings (SSSR count). The van der Waals surface area contributed by atoms with E-state index < -0.39 is 0 Å². The molecule has 0 atom stereocenters. The molecule has 0 aliphatic carbocycles. The van der Waals surface area contributed by atoms with E-state index in [1.807, 2.05) is 0 Å². The second-order valence-corrected chi connectivity index (χ2v) is 5.56. The van der Waals surface area contributed by atoms with Crippen LogP contribution in [0.25, 0.3) is 0 Å². The van der Waals surface area contributed by atoms with Crippen molar-refractivity contribution in [1.29, 1.82) is 0 Å². The van der Waals surface area contributed by atoms with Gasteiger partial charge in [-0.1, -0.05) is 31.2 Å². The van der Waals surface area contributed by atoms with Gasteiger partial charge in [0.15, 0.2) is 0 Å². The molecule has 0 N–H and O–H groups in total. The fourth-order valence-corrected chi connectivity index (χ4v) is 2.06. The first-order valence-electron chi connectivity index (χ1n) is 4.34. The summed E-state index contributed by atoms with van der Waals surface area (Å²) in [7, 11) is 0.525. The zero-order chi connectivity index (χ0) is 8.97. The predicted octanol–water partition coefficient (Wildman–Crippen LogP) is 2.63. The highest BCUT2D eigenvalue weighted by atomic mass is 32.2. The Morgan fingerprint density at radius 3 is 1.92 bits per heavy atom. The molecular weight excluding hydrogens is 164 g/mol. The van der Waals surface area contributed by atoms with E-state index in [0.29, 0.717) is 10.9 Å². The zero-order valence-corrected chi connectivity index (χ0v) is 8.95. The summed E-state index contributed by atoms with van der Waals surface area (Å²) in [6.45, 7) is 2.19. The van der Waals surface area contributed by atoms with Crippen molar-refractivity contribution >= 4 is 10.9 Å². The van der Waals surface area contributed by atoms with Gasteiger partial charge in [-0.25, -0.2) is 0 Å². The molecule has 0 aliphatic rings. The number of benzene rings is 1. The Balaban J connectivity index is 2.65. The van der Waals surface area contributed by atoms with E-state index in [4.69, 9.17) is 0 Å². The molecule has 0 amide bonds. The van der Waals surface area contributed by atoms with Crippen LogP contribution in [0, 0.1) is 0 Å². The van der Waals surface area contributed by atoms with Gasteiger partial charge in [-0.15, -0.1) is 0 Å². The molecule has 1 heteroatoms. The van der Waals surface area contributed by atoms with Gasteiger partial charge in [-0.3, -0.25) is 0 Å². The Morgan fingerprint density at radius 2 is 1.50 bits per heavy atom. The summed E-state index contributed by atoms with van der Waals surface area (Å²) in [5, 5.41) is 0. The quantitative estimate of drug-likeness (QED) is 0.629. The van der Waals surface area contributed by atoms with E-state index in [0.717, 1.165) is 6.42 Å². The van der Waals surface area contributed by atoms with Gasteiger partial charge in [0.2, 0.25) is 0 Å². The Morgan fingerprint density at radius 1 is 1.00 bits per heavy atom. The molecule has 0 aliphatic heterocycles. The summed E-state index contributed by atoms with van der Waals surface area (Å²) < 4.78 is 0. The van der Waals surface area contributed by atoms with E-state index in [1.165, 1.54) is 16.9 Å². The number of aryl methyl sites for hydroxylation is 1. The van der Waals surface area contributed by atoms with Crippen molar-refractivity contribution in [2.24, 2.45) is 0 Å². The fraction of sp³-hybridized carbons (Fsp3) is 0.455. The minimum absolute atomic E-state index is 0.525. The highest BCUT2D eigenvalue weighted by molar-refractivity contribution is 7.94. The van der Waals surface area contributed by atoms with Crippen LogP contribution in [0.3, 0.4) is 0 Å². The molecule has 0 saturated carbocycles. The van der Waals surface area contributed by atoms with Crippen molar-refractivity contribution in [2.75, 3.05) is 12.5 Å². The van der Waals surface area contributed by atoms with Gasteiger partial charge in [0.1, 0.15) is 5.75 Å². The minimum Gasteiger partial charge on any atom is -0.0613 e. The van der Waals surface area contributed by atoms with Crippen LogP contribution in [0.4, 0.5) is 0 Å². The van der Waals surface area contributed by atoms with Gasteiger partial charge in [0.05, 0.1) is 12.5 Å². The largest absolute Gasteiger partial charge is 0.132 e. The number of hydrogen-bond acceptors (Lipinski definition) is 0. The van der Waals surface area contributed by atoms with Crippen LogP contribution in [0.1, 0.15) is 18.1 Å². The molecule has 0 fully saturated rings. The minimum atomic E-state index is 0.525. The highest BCUT2D eigenvalue weighted by Gasteiger charge is 2.03. The first-order valence-corrected chi connectivity index (χ1v) is 6.55. The van der Waals surface area contributed by atoms with Crippen molar-refractivity contribution in [3.05, 3.63) is 35.4 Å². The summed E-state index contributed by atoms with van der Waals surface area (Å²) in [5.41, 5.74) is 2.91. The Kier molecular flexibility index (Phi) is 3.67. The Labute approximate surface area is 78.3 Å². The van der Waals surface area contributed by atoms with Gasteiger partial charge in [-0.2, -0.15) is 0 Å². The second-order valence-electron chi connectivity index (χ2n) is 3.30. The van der Waals surface area contributed by atoms with Crippen molar-refractivity contribution in [3.63, 3.8) is 0 Å². The van der Waals surface area contributed by atoms with E-state index >= 15 is 0 Å². The first kappa shape index (κ1) is 9.66. The highest BCUT2D eigenvalue weighted by Crippen LogP contribution is 2.08. The lowest BCUT2D eigenvalue weighted by Crippen LogP contribution is -1.99. The molecule has 0 heterocycles. The summed E-state index contributed by atoms with van der Waals surface area (Å²) in [6, 6.07) is 8.99. The van der Waals surface area contributed by atoms with Crippen LogP contribution in [-0.2, 0) is 23.1 Å². The average Bonchev–Trinajstić information content (AvgIpc) is 2.05. The summed E-state index contributed by atoms with van der Waals surface area (Å²) in [5.74, 6) is 1.23. The topological polar surface area (TPSA) is 0 Å². The predicted molar refractivity (Wildman–Crippen MR) is 58.7 cm³/mol. The van der Waals surface area contributed by atoms with Crippen molar-refractivity contribution in [3.8, 4) is 0 Å². The third kappa shape index (κ3) is 2.90. The van der Waals surface area contributed by atoms with E-state index in [-0.39, 0.29) is 0 Å². The molecule has 0 unspecified atom stereocenters. The fourth-order valence-electron chi connectivity index (χ4n) is 1.20. The summed E-state index contributed by atoms with van der Waals surface area (Å²) in [4.78, 5) is 0. The third-order valence-corrected chi connectivity index (χ3v) is 2.80. The van der Waals surface area contributed by atoms with Crippen molar-refractivity contribution in [2.45, 2.75) is 19.1 Å². The van der Waals surface area contributed by atoms with Crippen LogP contribution in [0.2, 0.25) is 0 Å². The molecule has 1 aromatic rings. The SMILES string of the molecule is CCc1ccc(C[S+](C)C)cc1. The number of hydrogen-bond donors (Lipinski definition) is 0. The molecule has 0 radical (unpaired) electrons. The zero-order valence-electron chi connectivity index (χ0n) is 8.13. The summed E-state index contributed by atoms with van der Waals surface area (Å²) in [6.07, 6.45) is 5.71. The lowest BCUT2D eigenvalue weighted by atomic mass is 10.1. The maximum atomic E-state index is 2.29. The Hall–Kier alpha value is -0.430. The van der Waals surface area contributed by atoms with Crippen LogP contribution < -0.4 is 0 Å². The van der Waals surface area contributed by atoms with E-state index in [2.05, 4.69) is 43.7 Å². The molecule has 0 nitrogen and oxygen atoms in total. The van der Waals surface area contributed by atoms with Crippen LogP contribution in [-0.4, -0.2) is 12.5 Å². The lowest BCUT2D eigenvalue weighted by Gasteiger charge is -1.99. The van der Waals surface area contributed by atoms with E-state index in [1.54, 1.807) is 0 Å². The smallest absolute Gasteiger partial charge is 0.0613 e. The van der Waals surface area contributed by atoms with Gasteiger partial charge < -0.3 is 0 Å². The van der Waals surface area contributed by atoms with Crippen LogP contribution in [0.15, 0.2) is 24.3 Å². The summed E-state index contributed by atoms with van der Waals surface area (Å²) >= 11 is 0.